The van der Waals surface area contributed by atoms with Gasteiger partial charge in [-0.25, -0.2) is 0 Å². The molecule has 2 aromatic heterocycles. The minimum Gasteiger partial charge on any atom is -0.307 e. The van der Waals surface area contributed by atoms with Gasteiger partial charge in [-0.3, -0.25) is 0 Å². The topological polar surface area (TPSA) is 21.5 Å². The van der Waals surface area contributed by atoms with Gasteiger partial charge in [0.25, 0.3) is 0 Å². The van der Waals surface area contributed by atoms with Gasteiger partial charge in [-0.1, -0.05) is 17.7 Å². The highest BCUT2D eigenvalue weighted by Crippen LogP contribution is 2.20. The minimum atomic E-state index is 0.417. The fourth-order valence-corrected chi connectivity index (χ4v) is 1.71. The van der Waals surface area contributed by atoms with Crippen LogP contribution in [0.15, 0.2) is 30.5 Å². The second-order valence-corrected chi connectivity index (χ2v) is 3.21. The number of carbonyl (C=O) groups excluding carboxylic acids is 1. The van der Waals surface area contributed by atoms with Crippen molar-refractivity contribution in [2.75, 3.05) is 0 Å². The molecule has 0 aliphatic rings. The largest absolute Gasteiger partial charge is 0.307 e. The number of fused-ring (bicyclic) bond motifs is 1. The van der Waals surface area contributed by atoms with Crippen LogP contribution in [0, 0.1) is 0 Å². The third-order valence-electron chi connectivity index (χ3n) is 2.02. The summed E-state index contributed by atoms with van der Waals surface area (Å²) in [5, 5.41) is 0.646. The molecular weight excluding hydrogens is 186 g/mol. The molecule has 13 heavy (non-hydrogen) atoms. The molecule has 3 heteroatoms. The van der Waals surface area contributed by atoms with Crippen molar-refractivity contribution in [3.63, 3.8) is 0 Å². The van der Waals surface area contributed by atoms with E-state index in [0.717, 1.165) is 17.4 Å². The van der Waals surface area contributed by atoms with E-state index in [-0.39, 0.29) is 0 Å². The quantitative estimate of drug-likeness (QED) is 0.671. The fourth-order valence-electron chi connectivity index (χ4n) is 1.43. The van der Waals surface area contributed by atoms with Crippen LogP contribution >= 0.6 is 11.6 Å². The van der Waals surface area contributed by atoms with Crippen LogP contribution in [0.4, 0.5) is 0 Å². The van der Waals surface area contributed by atoms with Crippen LogP contribution in [0.2, 0.25) is 5.15 Å². The molecule has 0 amide bonds. The summed E-state index contributed by atoms with van der Waals surface area (Å²) >= 11 is 5.96. The SMILES string of the molecule is O=CCc1cc(Cl)n2ccccc12. The van der Waals surface area contributed by atoms with Crippen LogP contribution in [0.3, 0.4) is 0 Å². The fraction of sp³-hybridized carbons (Fsp3) is 0.100. The molecule has 0 saturated heterocycles. The first-order chi connectivity index (χ1) is 6.33. The number of aldehydes is 1. The molecule has 0 spiro atoms. The van der Waals surface area contributed by atoms with Gasteiger partial charge in [0.2, 0.25) is 0 Å². The maximum atomic E-state index is 10.4. The van der Waals surface area contributed by atoms with Gasteiger partial charge in [-0.2, -0.15) is 0 Å². The molecule has 0 aromatic carbocycles. The summed E-state index contributed by atoms with van der Waals surface area (Å²) in [7, 11) is 0. The summed E-state index contributed by atoms with van der Waals surface area (Å²) in [6.07, 6.45) is 3.19. The van der Waals surface area contributed by atoms with Gasteiger partial charge < -0.3 is 9.20 Å². The van der Waals surface area contributed by atoms with E-state index in [0.29, 0.717) is 11.6 Å². The number of pyridine rings is 1. The molecule has 0 fully saturated rings. The molecule has 0 atom stereocenters. The lowest BCUT2D eigenvalue weighted by molar-refractivity contribution is -0.107. The highest BCUT2D eigenvalue weighted by atomic mass is 35.5. The van der Waals surface area contributed by atoms with Gasteiger partial charge in [0.05, 0.1) is 5.52 Å². The maximum absolute atomic E-state index is 10.4. The molecule has 0 unspecified atom stereocenters. The summed E-state index contributed by atoms with van der Waals surface area (Å²) < 4.78 is 1.86. The Balaban J connectivity index is 2.70. The third-order valence-corrected chi connectivity index (χ3v) is 2.31. The molecule has 0 aliphatic carbocycles. The number of hydrogen-bond acceptors (Lipinski definition) is 1. The number of aromatic nitrogens is 1. The summed E-state index contributed by atoms with van der Waals surface area (Å²) in [5.41, 5.74) is 1.97. The minimum absolute atomic E-state index is 0.417. The van der Waals surface area contributed by atoms with Crippen LogP contribution in [-0.2, 0) is 11.2 Å². The number of rotatable bonds is 2. The van der Waals surface area contributed by atoms with Crippen molar-refractivity contribution in [2.45, 2.75) is 6.42 Å². The van der Waals surface area contributed by atoms with Crippen molar-refractivity contribution in [3.8, 4) is 0 Å². The standard InChI is InChI=1S/C10H8ClNO/c11-10-7-8(4-6-13)9-3-1-2-5-12(9)10/h1-3,5-7H,4H2. The van der Waals surface area contributed by atoms with Gasteiger partial charge in [-0.15, -0.1) is 0 Å². The van der Waals surface area contributed by atoms with E-state index < -0.39 is 0 Å². The molecule has 2 nitrogen and oxygen atoms in total. The van der Waals surface area contributed by atoms with Crippen LogP contribution in [0.5, 0.6) is 0 Å². The number of nitrogens with zero attached hydrogens (tertiary/aromatic N) is 1. The molecule has 2 aromatic rings. The van der Waals surface area contributed by atoms with Crippen molar-refractivity contribution >= 4 is 23.4 Å². The Morgan fingerprint density at radius 1 is 1.46 bits per heavy atom. The smallest absolute Gasteiger partial charge is 0.124 e. The Morgan fingerprint density at radius 2 is 2.31 bits per heavy atom. The second kappa shape index (κ2) is 3.23. The highest BCUT2D eigenvalue weighted by molar-refractivity contribution is 6.30. The lowest BCUT2D eigenvalue weighted by Gasteiger charge is -1.95. The van der Waals surface area contributed by atoms with Gasteiger partial charge in [0, 0.05) is 12.6 Å². The van der Waals surface area contributed by atoms with Crippen LogP contribution < -0.4 is 0 Å². The maximum Gasteiger partial charge on any atom is 0.124 e. The molecule has 66 valence electrons. The first-order valence-electron chi connectivity index (χ1n) is 4.01. The highest BCUT2D eigenvalue weighted by Gasteiger charge is 2.04. The predicted octanol–water partition coefficient (Wildman–Crippen LogP) is 2.33. The number of hydrogen-bond donors (Lipinski definition) is 0. The van der Waals surface area contributed by atoms with Gasteiger partial charge in [0.1, 0.15) is 11.4 Å². The van der Waals surface area contributed by atoms with E-state index in [1.54, 1.807) is 0 Å². The molecule has 0 aliphatic heterocycles. The summed E-state index contributed by atoms with van der Waals surface area (Å²) in [5.74, 6) is 0. The van der Waals surface area contributed by atoms with Crippen molar-refractivity contribution in [2.24, 2.45) is 0 Å². The Hall–Kier alpha value is -1.28. The van der Waals surface area contributed by atoms with Crippen molar-refractivity contribution < 1.29 is 4.79 Å². The predicted molar refractivity (Wildman–Crippen MR) is 52.2 cm³/mol. The van der Waals surface area contributed by atoms with Crippen molar-refractivity contribution in [1.82, 2.24) is 4.40 Å². The van der Waals surface area contributed by atoms with Gasteiger partial charge in [-0.05, 0) is 23.8 Å². The van der Waals surface area contributed by atoms with Crippen LogP contribution in [-0.4, -0.2) is 10.7 Å². The van der Waals surface area contributed by atoms with Crippen molar-refractivity contribution in [1.29, 1.82) is 0 Å². The average molecular weight is 194 g/mol. The van der Waals surface area contributed by atoms with E-state index >= 15 is 0 Å². The molecule has 0 bridgehead atoms. The Labute approximate surface area is 80.7 Å². The van der Waals surface area contributed by atoms with E-state index in [1.165, 1.54) is 0 Å². The molecular formula is C10H8ClNO. The van der Waals surface area contributed by atoms with E-state index in [9.17, 15) is 4.79 Å². The summed E-state index contributed by atoms with van der Waals surface area (Å²) in [4.78, 5) is 10.4. The van der Waals surface area contributed by atoms with E-state index in [2.05, 4.69) is 0 Å². The second-order valence-electron chi connectivity index (χ2n) is 2.82. The first kappa shape index (κ1) is 8.32. The Morgan fingerprint density at radius 3 is 3.08 bits per heavy atom. The molecule has 0 saturated carbocycles. The number of halogens is 1. The molecule has 0 N–H and O–H groups in total. The Bertz CT molecular complexity index is 447. The lowest BCUT2D eigenvalue weighted by atomic mass is 10.2. The molecule has 0 radical (unpaired) electrons. The van der Waals surface area contributed by atoms with E-state index in [4.69, 9.17) is 11.6 Å². The third kappa shape index (κ3) is 1.33. The summed E-state index contributed by atoms with van der Waals surface area (Å²) in [6.45, 7) is 0. The zero-order valence-corrected chi connectivity index (χ0v) is 7.66. The molecule has 2 rings (SSSR count). The summed E-state index contributed by atoms with van der Waals surface area (Å²) in [6, 6.07) is 7.61. The van der Waals surface area contributed by atoms with E-state index in [1.807, 2.05) is 34.9 Å². The van der Waals surface area contributed by atoms with Crippen LogP contribution in [0.25, 0.3) is 5.52 Å². The average Bonchev–Trinajstić information content (AvgIpc) is 2.46. The van der Waals surface area contributed by atoms with Gasteiger partial charge >= 0.3 is 0 Å². The lowest BCUT2D eigenvalue weighted by Crippen LogP contribution is -1.85. The normalized spacial score (nSPS) is 10.5. The number of carbonyl (C=O) groups is 1. The zero-order chi connectivity index (χ0) is 9.26. The molecule has 2 heterocycles. The monoisotopic (exact) mass is 193 g/mol. The Kier molecular flexibility index (Phi) is 2.07. The first-order valence-corrected chi connectivity index (χ1v) is 4.39. The van der Waals surface area contributed by atoms with Crippen LogP contribution in [0.1, 0.15) is 5.56 Å². The zero-order valence-electron chi connectivity index (χ0n) is 6.90. The van der Waals surface area contributed by atoms with Gasteiger partial charge in [0.15, 0.2) is 0 Å². The van der Waals surface area contributed by atoms with Crippen molar-refractivity contribution in [3.05, 3.63) is 41.2 Å².